The first-order chi connectivity index (χ1) is 9.11. The molecule has 19 heavy (non-hydrogen) atoms. The normalized spacial score (nSPS) is 12.2. The molecule has 1 atom stereocenters. The molecule has 0 amide bonds. The van der Waals surface area contributed by atoms with E-state index in [0.29, 0.717) is 16.9 Å². The number of aliphatic hydroxyl groups is 2. The van der Waals surface area contributed by atoms with Gasteiger partial charge in [-0.25, -0.2) is 4.39 Å². The summed E-state index contributed by atoms with van der Waals surface area (Å²) in [5.74, 6) is -0.0786. The monoisotopic (exact) mass is 262 g/mol. The maximum Gasteiger partial charge on any atom is 0.166 e. The van der Waals surface area contributed by atoms with Crippen LogP contribution in [0.1, 0.15) is 24.2 Å². The summed E-state index contributed by atoms with van der Waals surface area (Å²) in [5, 5.41) is 18.5. The molecule has 0 saturated carbocycles. The number of ether oxygens (including phenoxy) is 1. The highest BCUT2D eigenvalue weighted by Crippen LogP contribution is 2.29. The summed E-state index contributed by atoms with van der Waals surface area (Å²) in [6.07, 6.45) is -0.728. The molecule has 0 aliphatic carbocycles. The molecule has 0 radical (unpaired) electrons. The van der Waals surface area contributed by atoms with E-state index in [1.807, 2.05) is 0 Å². The summed E-state index contributed by atoms with van der Waals surface area (Å²) in [6, 6.07) is 11.2. The van der Waals surface area contributed by atoms with E-state index >= 15 is 0 Å². The van der Waals surface area contributed by atoms with Crippen LogP contribution in [-0.2, 0) is 6.61 Å². The Balaban J connectivity index is 2.28. The molecule has 0 aliphatic heterocycles. The molecule has 0 heterocycles. The third-order valence-corrected chi connectivity index (χ3v) is 2.80. The minimum absolute atomic E-state index is 0.0605. The van der Waals surface area contributed by atoms with Gasteiger partial charge in [0, 0.05) is 5.56 Å². The summed E-state index contributed by atoms with van der Waals surface area (Å²) in [5.41, 5.74) is 1.07. The molecule has 3 nitrogen and oxygen atoms in total. The van der Waals surface area contributed by atoms with E-state index in [1.54, 1.807) is 37.3 Å². The van der Waals surface area contributed by atoms with Gasteiger partial charge in [0.2, 0.25) is 0 Å². The van der Waals surface area contributed by atoms with Gasteiger partial charge in [-0.15, -0.1) is 0 Å². The van der Waals surface area contributed by atoms with E-state index in [1.165, 1.54) is 12.1 Å². The Bertz CT molecular complexity index is 567. The largest absolute Gasteiger partial charge is 0.454 e. The first-order valence-corrected chi connectivity index (χ1v) is 5.96. The number of aliphatic hydroxyl groups excluding tert-OH is 2. The van der Waals surface area contributed by atoms with E-state index in [2.05, 4.69) is 0 Å². The van der Waals surface area contributed by atoms with Crippen LogP contribution in [0, 0.1) is 5.82 Å². The molecule has 2 N–H and O–H groups in total. The van der Waals surface area contributed by atoms with Crippen LogP contribution < -0.4 is 4.74 Å². The number of hydrogen-bond donors (Lipinski definition) is 2. The number of hydrogen-bond acceptors (Lipinski definition) is 3. The predicted octanol–water partition coefficient (Wildman–Crippen LogP) is 3.16. The predicted molar refractivity (Wildman–Crippen MR) is 69.5 cm³/mol. The van der Waals surface area contributed by atoms with Gasteiger partial charge in [0.25, 0.3) is 0 Å². The van der Waals surface area contributed by atoms with Crippen LogP contribution in [0.4, 0.5) is 4.39 Å². The van der Waals surface area contributed by atoms with Crippen molar-refractivity contribution in [3.63, 3.8) is 0 Å². The average molecular weight is 262 g/mol. The fourth-order valence-corrected chi connectivity index (χ4v) is 1.71. The minimum Gasteiger partial charge on any atom is -0.454 e. The lowest BCUT2D eigenvalue weighted by atomic mass is 10.1. The number of rotatable bonds is 4. The Hall–Kier alpha value is -1.91. The van der Waals surface area contributed by atoms with E-state index in [4.69, 9.17) is 4.74 Å². The van der Waals surface area contributed by atoms with Crippen molar-refractivity contribution in [1.82, 2.24) is 0 Å². The summed E-state index contributed by atoms with van der Waals surface area (Å²) in [6.45, 7) is 1.39. The molecule has 4 heteroatoms. The number of benzene rings is 2. The molecule has 2 aromatic carbocycles. The second kappa shape index (κ2) is 5.82. The van der Waals surface area contributed by atoms with Crippen LogP contribution >= 0.6 is 0 Å². The van der Waals surface area contributed by atoms with Crippen LogP contribution in [0.15, 0.2) is 42.5 Å². The van der Waals surface area contributed by atoms with Crippen molar-refractivity contribution in [3.05, 3.63) is 59.4 Å². The maximum absolute atomic E-state index is 13.8. The molecule has 2 rings (SSSR count). The van der Waals surface area contributed by atoms with Crippen molar-refractivity contribution < 1.29 is 19.3 Å². The highest BCUT2D eigenvalue weighted by molar-refractivity contribution is 5.39. The van der Waals surface area contributed by atoms with Crippen LogP contribution in [0.2, 0.25) is 0 Å². The topological polar surface area (TPSA) is 49.7 Å². The Labute approximate surface area is 110 Å². The number of para-hydroxylation sites is 1. The van der Waals surface area contributed by atoms with Gasteiger partial charge in [-0.05, 0) is 30.7 Å². The molecular weight excluding hydrogens is 247 g/mol. The summed E-state index contributed by atoms with van der Waals surface area (Å²) >= 11 is 0. The van der Waals surface area contributed by atoms with Gasteiger partial charge in [0.05, 0.1) is 12.7 Å². The van der Waals surface area contributed by atoms with E-state index in [0.717, 1.165) is 0 Å². The van der Waals surface area contributed by atoms with Crippen LogP contribution in [0.3, 0.4) is 0 Å². The molecule has 0 saturated heterocycles. The molecule has 0 unspecified atom stereocenters. The van der Waals surface area contributed by atoms with Crippen LogP contribution in [0.5, 0.6) is 11.5 Å². The molecule has 0 bridgehead atoms. The zero-order valence-corrected chi connectivity index (χ0v) is 10.5. The zero-order chi connectivity index (χ0) is 13.8. The van der Waals surface area contributed by atoms with Gasteiger partial charge in [-0.3, -0.25) is 0 Å². The minimum atomic E-state index is -0.728. The zero-order valence-electron chi connectivity index (χ0n) is 10.5. The van der Waals surface area contributed by atoms with Gasteiger partial charge < -0.3 is 14.9 Å². The van der Waals surface area contributed by atoms with Gasteiger partial charge in [-0.1, -0.05) is 24.3 Å². The summed E-state index contributed by atoms with van der Waals surface area (Å²) in [4.78, 5) is 0. The molecular formula is C15H15FO3. The smallest absolute Gasteiger partial charge is 0.166 e. The van der Waals surface area contributed by atoms with Crippen molar-refractivity contribution >= 4 is 0 Å². The highest BCUT2D eigenvalue weighted by atomic mass is 19.1. The van der Waals surface area contributed by atoms with Gasteiger partial charge in [0.1, 0.15) is 5.75 Å². The third-order valence-electron chi connectivity index (χ3n) is 2.80. The van der Waals surface area contributed by atoms with Crippen LogP contribution in [-0.4, -0.2) is 10.2 Å². The average Bonchev–Trinajstić information content (AvgIpc) is 2.41. The lowest BCUT2D eigenvalue weighted by molar-refractivity contribution is 0.198. The third kappa shape index (κ3) is 3.10. The van der Waals surface area contributed by atoms with Gasteiger partial charge >= 0.3 is 0 Å². The fraction of sp³-hybridized carbons (Fsp3) is 0.200. The maximum atomic E-state index is 13.8. The molecule has 0 fully saturated rings. The Morgan fingerprint density at radius 3 is 2.53 bits per heavy atom. The van der Waals surface area contributed by atoms with E-state index in [-0.39, 0.29) is 12.4 Å². The molecule has 0 aliphatic rings. The van der Waals surface area contributed by atoms with Crippen molar-refractivity contribution in [2.75, 3.05) is 0 Å². The van der Waals surface area contributed by atoms with Crippen molar-refractivity contribution in [1.29, 1.82) is 0 Å². The Morgan fingerprint density at radius 1 is 1.16 bits per heavy atom. The van der Waals surface area contributed by atoms with E-state index < -0.39 is 11.9 Å². The fourth-order valence-electron chi connectivity index (χ4n) is 1.71. The van der Waals surface area contributed by atoms with Crippen molar-refractivity contribution in [2.45, 2.75) is 19.6 Å². The molecule has 0 spiro atoms. The van der Waals surface area contributed by atoms with Crippen molar-refractivity contribution in [2.24, 2.45) is 0 Å². The van der Waals surface area contributed by atoms with Crippen molar-refractivity contribution in [3.8, 4) is 11.5 Å². The lowest BCUT2D eigenvalue weighted by Crippen LogP contribution is -1.96. The summed E-state index contributed by atoms with van der Waals surface area (Å²) in [7, 11) is 0. The van der Waals surface area contributed by atoms with E-state index in [9.17, 15) is 14.6 Å². The number of halogens is 1. The van der Waals surface area contributed by atoms with Gasteiger partial charge in [0.15, 0.2) is 11.6 Å². The van der Waals surface area contributed by atoms with Crippen LogP contribution in [0.25, 0.3) is 0 Å². The molecule has 0 aromatic heterocycles. The second-order valence-electron chi connectivity index (χ2n) is 4.23. The Kier molecular flexibility index (Phi) is 4.14. The summed E-state index contributed by atoms with van der Waals surface area (Å²) < 4.78 is 19.3. The molecule has 2 aromatic rings. The molecule has 100 valence electrons. The second-order valence-corrected chi connectivity index (χ2v) is 4.23. The first-order valence-electron chi connectivity index (χ1n) is 5.96. The van der Waals surface area contributed by atoms with Gasteiger partial charge in [-0.2, -0.15) is 0 Å². The SMILES string of the molecule is C[C@@H](O)c1ccc(Oc2ccccc2CO)c(F)c1. The highest BCUT2D eigenvalue weighted by Gasteiger charge is 2.10. The quantitative estimate of drug-likeness (QED) is 0.889. The lowest BCUT2D eigenvalue weighted by Gasteiger charge is -2.12. The first kappa shape index (κ1) is 13.5. The Morgan fingerprint density at radius 2 is 1.89 bits per heavy atom. The standard InChI is InChI=1S/C15H15FO3/c1-10(18)11-6-7-15(13(16)8-11)19-14-5-3-2-4-12(14)9-17/h2-8,10,17-18H,9H2,1H3/t10-/m1/s1.